The van der Waals surface area contributed by atoms with Crippen LogP contribution in [0, 0.1) is 16.4 Å². The number of fused-ring (bicyclic) bond motifs is 1. The third-order valence-corrected chi connectivity index (χ3v) is 4.07. The van der Waals surface area contributed by atoms with E-state index in [-0.39, 0.29) is 5.02 Å². The Bertz CT molecular complexity index is 888. The first kappa shape index (κ1) is 13.7. The van der Waals surface area contributed by atoms with Crippen LogP contribution in [0.25, 0.3) is 16.7 Å². The third-order valence-electron chi connectivity index (χ3n) is 2.87. The molecule has 0 fully saturated rings. The van der Waals surface area contributed by atoms with Crippen molar-refractivity contribution in [3.63, 3.8) is 0 Å². The molecule has 3 rings (SSSR count). The SMILES string of the molecule is Fc1ccc(-n2c(=S)[nH]c3cc(Br)c(F)cc32)c(Cl)c1. The van der Waals surface area contributed by atoms with Gasteiger partial charge in [0, 0.05) is 6.07 Å². The lowest BCUT2D eigenvalue weighted by atomic mass is 10.2. The molecule has 2 aromatic carbocycles. The molecule has 102 valence electrons. The smallest absolute Gasteiger partial charge is 0.182 e. The molecular weight excluding hydrogens is 370 g/mol. The molecule has 2 nitrogen and oxygen atoms in total. The van der Waals surface area contributed by atoms with E-state index >= 15 is 0 Å². The van der Waals surface area contributed by atoms with E-state index in [9.17, 15) is 8.78 Å². The van der Waals surface area contributed by atoms with Gasteiger partial charge in [-0.2, -0.15) is 0 Å². The van der Waals surface area contributed by atoms with E-state index < -0.39 is 11.6 Å². The molecule has 20 heavy (non-hydrogen) atoms. The molecule has 0 aliphatic heterocycles. The second kappa shape index (κ2) is 4.95. The number of aromatic nitrogens is 2. The molecule has 1 N–H and O–H groups in total. The fraction of sp³-hybridized carbons (Fsp3) is 0. The largest absolute Gasteiger partial charge is 0.330 e. The summed E-state index contributed by atoms with van der Waals surface area (Å²) < 4.78 is 29.1. The lowest BCUT2D eigenvalue weighted by molar-refractivity contribution is 0.622. The fourth-order valence-corrected chi connectivity index (χ4v) is 2.91. The highest BCUT2D eigenvalue weighted by Gasteiger charge is 2.13. The summed E-state index contributed by atoms with van der Waals surface area (Å²) in [7, 11) is 0. The van der Waals surface area contributed by atoms with E-state index in [1.807, 2.05) is 0 Å². The minimum atomic E-state index is -0.445. The van der Waals surface area contributed by atoms with Crippen molar-refractivity contribution in [2.45, 2.75) is 0 Å². The van der Waals surface area contributed by atoms with Crippen molar-refractivity contribution >= 4 is 50.8 Å². The van der Waals surface area contributed by atoms with Gasteiger partial charge in [-0.3, -0.25) is 4.57 Å². The van der Waals surface area contributed by atoms with E-state index in [1.165, 1.54) is 24.3 Å². The summed E-state index contributed by atoms with van der Waals surface area (Å²) in [5, 5.41) is 0.199. The number of aromatic amines is 1. The van der Waals surface area contributed by atoms with Crippen LogP contribution in [0.15, 0.2) is 34.8 Å². The maximum absolute atomic E-state index is 13.7. The zero-order valence-corrected chi connectivity index (χ0v) is 12.9. The Hall–Kier alpha value is -1.24. The summed E-state index contributed by atoms with van der Waals surface area (Å²) in [6.45, 7) is 0. The maximum atomic E-state index is 13.7. The molecule has 0 aliphatic carbocycles. The molecular formula is C13H6BrClF2N2S. The summed E-state index contributed by atoms with van der Waals surface area (Å²) in [5.74, 6) is -0.863. The van der Waals surface area contributed by atoms with Crippen LogP contribution in [0.3, 0.4) is 0 Å². The first-order valence-corrected chi connectivity index (χ1v) is 7.10. The number of nitrogens with zero attached hydrogens (tertiary/aromatic N) is 1. The van der Waals surface area contributed by atoms with Gasteiger partial charge in [-0.1, -0.05) is 11.6 Å². The van der Waals surface area contributed by atoms with Crippen molar-refractivity contribution in [3.8, 4) is 5.69 Å². The van der Waals surface area contributed by atoms with E-state index in [4.69, 9.17) is 23.8 Å². The van der Waals surface area contributed by atoms with Crippen LogP contribution in [-0.2, 0) is 0 Å². The fourth-order valence-electron chi connectivity index (χ4n) is 2.00. The van der Waals surface area contributed by atoms with Gasteiger partial charge in [0.2, 0.25) is 0 Å². The highest BCUT2D eigenvalue weighted by Crippen LogP contribution is 2.29. The van der Waals surface area contributed by atoms with Gasteiger partial charge in [-0.15, -0.1) is 0 Å². The first-order chi connectivity index (χ1) is 9.47. The van der Waals surface area contributed by atoms with Crippen LogP contribution in [0.1, 0.15) is 0 Å². The summed E-state index contributed by atoms with van der Waals surface area (Å²) in [5.41, 5.74) is 1.68. The zero-order chi connectivity index (χ0) is 14.4. The summed E-state index contributed by atoms with van der Waals surface area (Å²) >= 11 is 14.4. The average molecular weight is 376 g/mol. The predicted octanol–water partition coefficient (Wildman–Crippen LogP) is 5.38. The number of H-pyrrole nitrogens is 1. The van der Waals surface area contributed by atoms with Gasteiger partial charge in [0.1, 0.15) is 11.6 Å². The molecule has 1 heterocycles. The van der Waals surface area contributed by atoms with Gasteiger partial charge in [0.25, 0.3) is 0 Å². The number of hydrogen-bond donors (Lipinski definition) is 1. The monoisotopic (exact) mass is 374 g/mol. The van der Waals surface area contributed by atoms with Gasteiger partial charge in [0.05, 0.1) is 26.2 Å². The maximum Gasteiger partial charge on any atom is 0.182 e. The van der Waals surface area contributed by atoms with Crippen LogP contribution in [0.4, 0.5) is 8.78 Å². The van der Waals surface area contributed by atoms with Crippen LogP contribution in [0.5, 0.6) is 0 Å². The number of rotatable bonds is 1. The minimum Gasteiger partial charge on any atom is -0.330 e. The van der Waals surface area contributed by atoms with Crippen LogP contribution in [-0.4, -0.2) is 9.55 Å². The predicted molar refractivity (Wildman–Crippen MR) is 81.1 cm³/mol. The second-order valence-electron chi connectivity index (χ2n) is 4.14. The van der Waals surface area contributed by atoms with Crippen LogP contribution in [0.2, 0.25) is 5.02 Å². The van der Waals surface area contributed by atoms with Crippen LogP contribution >= 0.6 is 39.7 Å². The van der Waals surface area contributed by atoms with Crippen molar-refractivity contribution < 1.29 is 8.78 Å². The topological polar surface area (TPSA) is 20.7 Å². The Morgan fingerprint density at radius 1 is 1.20 bits per heavy atom. The Kier molecular flexibility index (Phi) is 3.40. The van der Waals surface area contributed by atoms with Crippen molar-refractivity contribution in [2.75, 3.05) is 0 Å². The molecule has 0 bridgehead atoms. The van der Waals surface area contributed by atoms with Crippen molar-refractivity contribution in [3.05, 3.63) is 56.2 Å². The first-order valence-electron chi connectivity index (χ1n) is 5.52. The number of benzene rings is 2. The number of imidazole rings is 1. The van der Waals surface area contributed by atoms with Gasteiger partial charge < -0.3 is 4.98 Å². The molecule has 3 aromatic rings. The standard InChI is InChI=1S/C13H6BrClF2N2S/c14-7-4-10-12(5-9(7)17)19(13(20)18-10)11-2-1-6(16)3-8(11)15/h1-5H,(H,18,20). The van der Waals surface area contributed by atoms with Crippen molar-refractivity contribution in [1.29, 1.82) is 0 Å². The molecule has 0 saturated carbocycles. The van der Waals surface area contributed by atoms with Gasteiger partial charge >= 0.3 is 0 Å². The summed E-state index contributed by atoms with van der Waals surface area (Å²) in [4.78, 5) is 2.96. The van der Waals surface area contributed by atoms with Gasteiger partial charge in [0.15, 0.2) is 4.77 Å². The molecule has 0 spiro atoms. The lowest BCUT2D eigenvalue weighted by Crippen LogP contribution is -1.96. The van der Waals surface area contributed by atoms with E-state index in [1.54, 1.807) is 10.6 Å². The molecule has 0 unspecified atom stereocenters. The van der Waals surface area contributed by atoms with E-state index in [0.717, 1.165) is 0 Å². The third kappa shape index (κ3) is 2.17. The number of halogens is 4. The van der Waals surface area contributed by atoms with Crippen molar-refractivity contribution in [2.24, 2.45) is 0 Å². The molecule has 0 amide bonds. The quantitative estimate of drug-likeness (QED) is 0.566. The Morgan fingerprint density at radius 3 is 2.65 bits per heavy atom. The molecule has 0 aliphatic rings. The number of hydrogen-bond acceptors (Lipinski definition) is 1. The van der Waals surface area contributed by atoms with Crippen molar-refractivity contribution in [1.82, 2.24) is 9.55 Å². The molecule has 0 radical (unpaired) electrons. The Balaban J connectivity index is 2.39. The zero-order valence-electron chi connectivity index (χ0n) is 9.75. The Morgan fingerprint density at radius 2 is 1.95 bits per heavy atom. The molecule has 0 saturated heterocycles. The molecule has 1 aromatic heterocycles. The molecule has 0 atom stereocenters. The summed E-state index contributed by atoms with van der Waals surface area (Å²) in [6, 6.07) is 6.89. The van der Waals surface area contributed by atoms with Gasteiger partial charge in [-0.25, -0.2) is 8.78 Å². The second-order valence-corrected chi connectivity index (χ2v) is 5.79. The highest BCUT2D eigenvalue weighted by atomic mass is 79.9. The van der Waals surface area contributed by atoms with E-state index in [0.29, 0.717) is 26.0 Å². The molecule has 7 heteroatoms. The Labute approximate surface area is 131 Å². The minimum absolute atomic E-state index is 0.199. The lowest BCUT2D eigenvalue weighted by Gasteiger charge is -2.07. The number of nitrogens with one attached hydrogen (secondary N) is 1. The normalized spacial score (nSPS) is 11.2. The van der Waals surface area contributed by atoms with E-state index in [2.05, 4.69) is 20.9 Å². The summed E-state index contributed by atoms with van der Waals surface area (Å²) in [6.07, 6.45) is 0. The highest BCUT2D eigenvalue weighted by molar-refractivity contribution is 9.10. The van der Waals surface area contributed by atoms with Crippen LogP contribution < -0.4 is 0 Å². The van der Waals surface area contributed by atoms with Gasteiger partial charge in [-0.05, 0) is 52.4 Å². The average Bonchev–Trinajstić information content (AvgIpc) is 2.66.